The summed E-state index contributed by atoms with van der Waals surface area (Å²) in [5.41, 5.74) is 7.81. The number of halogens is 1. The molecule has 1 nitrogen and oxygen atoms in total. The summed E-state index contributed by atoms with van der Waals surface area (Å²) >= 11 is 5.89. The molecular weight excluding hydrogens is 218 g/mol. The van der Waals surface area contributed by atoms with Gasteiger partial charge in [0.1, 0.15) is 0 Å². The van der Waals surface area contributed by atoms with Gasteiger partial charge in [0.05, 0.1) is 0 Å². The summed E-state index contributed by atoms with van der Waals surface area (Å²) in [7, 11) is 0. The molecule has 16 heavy (non-hydrogen) atoms. The van der Waals surface area contributed by atoms with Gasteiger partial charge in [-0.1, -0.05) is 41.5 Å². The van der Waals surface area contributed by atoms with Gasteiger partial charge in [-0.05, 0) is 46.3 Å². The topological polar surface area (TPSA) is 26.0 Å². The van der Waals surface area contributed by atoms with Crippen molar-refractivity contribution in [2.45, 2.75) is 34.6 Å². The molecule has 0 aromatic heterocycles. The van der Waals surface area contributed by atoms with E-state index < -0.39 is 0 Å². The lowest BCUT2D eigenvalue weighted by Crippen LogP contribution is -2.01. The van der Waals surface area contributed by atoms with E-state index in [0.29, 0.717) is 11.6 Å². The molecule has 0 saturated carbocycles. The predicted octanol–water partition coefficient (Wildman–Crippen LogP) is 4.56. The molecule has 0 aliphatic heterocycles. The van der Waals surface area contributed by atoms with E-state index in [1.807, 2.05) is 45.1 Å². The zero-order valence-corrected chi connectivity index (χ0v) is 11.8. The summed E-state index contributed by atoms with van der Waals surface area (Å²) in [5.74, 6) is 0. The highest BCUT2D eigenvalue weighted by Crippen LogP contribution is 2.11. The Kier molecular flexibility index (Phi) is 13.5. The first kappa shape index (κ1) is 17.6. The average Bonchev–Trinajstić information content (AvgIpc) is 2.26. The largest absolute Gasteiger partial charge is 0.326 e. The van der Waals surface area contributed by atoms with E-state index in [1.54, 1.807) is 0 Å². The molecular formula is C14H24ClN. The van der Waals surface area contributed by atoms with Gasteiger partial charge in [0.2, 0.25) is 0 Å². The molecule has 0 saturated heterocycles. The zero-order chi connectivity index (χ0) is 13.0. The number of allylic oxidation sites excluding steroid dienone is 6. The Balaban J connectivity index is 0. The van der Waals surface area contributed by atoms with Gasteiger partial charge in [0.25, 0.3) is 0 Å². The van der Waals surface area contributed by atoms with Gasteiger partial charge in [-0.2, -0.15) is 0 Å². The van der Waals surface area contributed by atoms with E-state index in [1.165, 1.54) is 5.57 Å². The highest BCUT2D eigenvalue weighted by molar-refractivity contribution is 6.31. The van der Waals surface area contributed by atoms with E-state index in [0.717, 1.165) is 5.57 Å². The van der Waals surface area contributed by atoms with Gasteiger partial charge < -0.3 is 5.73 Å². The molecule has 0 unspecified atom stereocenters. The van der Waals surface area contributed by atoms with Gasteiger partial charge in [-0.3, -0.25) is 0 Å². The first-order valence-electron chi connectivity index (χ1n) is 5.47. The molecule has 0 rings (SSSR count). The van der Waals surface area contributed by atoms with Crippen LogP contribution in [0.5, 0.6) is 0 Å². The Morgan fingerprint density at radius 1 is 1.06 bits per heavy atom. The van der Waals surface area contributed by atoms with Gasteiger partial charge in [-0.25, -0.2) is 0 Å². The van der Waals surface area contributed by atoms with Gasteiger partial charge in [0.15, 0.2) is 0 Å². The zero-order valence-electron chi connectivity index (χ0n) is 11.0. The minimum absolute atomic E-state index is 0.480. The van der Waals surface area contributed by atoms with Crippen LogP contribution < -0.4 is 5.73 Å². The van der Waals surface area contributed by atoms with Crippen LogP contribution in [-0.4, -0.2) is 6.54 Å². The van der Waals surface area contributed by atoms with Crippen LogP contribution in [0, 0.1) is 0 Å². The Morgan fingerprint density at radius 3 is 1.75 bits per heavy atom. The average molecular weight is 242 g/mol. The fraction of sp³-hybridized carbons (Fsp3) is 0.429. The lowest BCUT2D eigenvalue weighted by atomic mass is 10.2. The third-order valence-electron chi connectivity index (χ3n) is 1.78. The molecule has 0 radical (unpaired) electrons. The van der Waals surface area contributed by atoms with Crippen molar-refractivity contribution < 1.29 is 0 Å². The minimum atomic E-state index is 0.480. The van der Waals surface area contributed by atoms with Crippen molar-refractivity contribution in [3.8, 4) is 0 Å². The maximum absolute atomic E-state index is 5.89. The summed E-state index contributed by atoms with van der Waals surface area (Å²) in [5, 5.41) is 0.716. The molecule has 92 valence electrons. The third-order valence-corrected chi connectivity index (χ3v) is 2.15. The molecule has 0 bridgehead atoms. The van der Waals surface area contributed by atoms with Crippen molar-refractivity contribution in [2.24, 2.45) is 5.73 Å². The number of hydrogen-bond donors (Lipinski definition) is 1. The highest BCUT2D eigenvalue weighted by atomic mass is 35.5. The van der Waals surface area contributed by atoms with Gasteiger partial charge in [0, 0.05) is 11.6 Å². The normalized spacial score (nSPS) is 12.2. The van der Waals surface area contributed by atoms with E-state index in [9.17, 15) is 0 Å². The summed E-state index contributed by atoms with van der Waals surface area (Å²) in [6, 6.07) is 0. The number of hydrogen-bond acceptors (Lipinski definition) is 1. The quantitative estimate of drug-likeness (QED) is 0.569. The molecule has 2 heteroatoms. The maximum atomic E-state index is 5.89. The fourth-order valence-corrected chi connectivity index (χ4v) is 0.966. The summed E-state index contributed by atoms with van der Waals surface area (Å²) in [6.45, 7) is 10.5. The molecule has 2 N–H and O–H groups in total. The van der Waals surface area contributed by atoms with Crippen LogP contribution in [-0.2, 0) is 0 Å². The Hall–Kier alpha value is -0.790. The first-order valence-corrected chi connectivity index (χ1v) is 5.84. The molecule has 0 amide bonds. The predicted molar refractivity (Wildman–Crippen MR) is 76.7 cm³/mol. The van der Waals surface area contributed by atoms with Crippen molar-refractivity contribution in [3.05, 3.63) is 46.6 Å². The second-order valence-corrected chi connectivity index (χ2v) is 3.85. The van der Waals surface area contributed by atoms with Crippen LogP contribution in [0.2, 0.25) is 0 Å². The smallest absolute Gasteiger partial charge is 0.0447 e. The van der Waals surface area contributed by atoms with Crippen molar-refractivity contribution >= 4 is 11.6 Å². The summed E-state index contributed by atoms with van der Waals surface area (Å²) in [6.07, 6.45) is 9.65. The molecule has 0 heterocycles. The van der Waals surface area contributed by atoms with Crippen LogP contribution in [0.25, 0.3) is 0 Å². The standard InChI is InChI=1S/C9H14ClN.C5H10/c1-3-5-8(7-11)9(10)6-4-2;1-4-5(2)3/h3-6H,7,11H2,1-2H3;4H,1-3H3/b5-3-,6-4-,9-8-;. The number of nitrogens with two attached hydrogens (primary N) is 1. The molecule has 0 aliphatic rings. The Bertz CT molecular complexity index is 279. The molecule has 0 aliphatic carbocycles. The van der Waals surface area contributed by atoms with E-state index in [-0.39, 0.29) is 0 Å². The number of rotatable bonds is 3. The van der Waals surface area contributed by atoms with Crippen LogP contribution >= 0.6 is 11.6 Å². The second-order valence-electron chi connectivity index (χ2n) is 3.44. The van der Waals surface area contributed by atoms with Gasteiger partial charge in [-0.15, -0.1) is 0 Å². The lowest BCUT2D eigenvalue weighted by Gasteiger charge is -1.97. The van der Waals surface area contributed by atoms with Crippen LogP contribution in [0.15, 0.2) is 46.6 Å². The first-order chi connectivity index (χ1) is 7.53. The van der Waals surface area contributed by atoms with Crippen LogP contribution in [0.4, 0.5) is 0 Å². The van der Waals surface area contributed by atoms with Crippen LogP contribution in [0.3, 0.4) is 0 Å². The van der Waals surface area contributed by atoms with Crippen molar-refractivity contribution in [1.29, 1.82) is 0 Å². The molecule has 0 fully saturated rings. The van der Waals surface area contributed by atoms with Crippen molar-refractivity contribution in [2.75, 3.05) is 6.54 Å². The Morgan fingerprint density at radius 2 is 1.50 bits per heavy atom. The van der Waals surface area contributed by atoms with E-state index in [4.69, 9.17) is 17.3 Å². The van der Waals surface area contributed by atoms with E-state index >= 15 is 0 Å². The fourth-order valence-electron chi connectivity index (χ4n) is 0.700. The summed E-state index contributed by atoms with van der Waals surface area (Å²) in [4.78, 5) is 0. The molecule has 0 spiro atoms. The van der Waals surface area contributed by atoms with E-state index in [2.05, 4.69) is 19.9 Å². The Labute approximate surface area is 105 Å². The molecule has 0 atom stereocenters. The van der Waals surface area contributed by atoms with Crippen molar-refractivity contribution in [3.63, 3.8) is 0 Å². The lowest BCUT2D eigenvalue weighted by molar-refractivity contribution is 1.18. The molecule has 0 aromatic rings. The maximum Gasteiger partial charge on any atom is 0.0447 e. The summed E-state index contributed by atoms with van der Waals surface area (Å²) < 4.78 is 0. The monoisotopic (exact) mass is 241 g/mol. The van der Waals surface area contributed by atoms with Crippen LogP contribution in [0.1, 0.15) is 34.6 Å². The van der Waals surface area contributed by atoms with Crippen molar-refractivity contribution in [1.82, 2.24) is 0 Å². The minimum Gasteiger partial charge on any atom is -0.326 e. The SMILES string of the molecule is CC=C(C)C.C\C=C/C(Cl)=C(\C=C/C)CN. The third kappa shape index (κ3) is 11.3. The second kappa shape index (κ2) is 12.3. The molecule has 0 aromatic carbocycles. The van der Waals surface area contributed by atoms with Gasteiger partial charge >= 0.3 is 0 Å². The highest BCUT2D eigenvalue weighted by Gasteiger charge is 1.93.